The normalized spacial score (nSPS) is 17.1. The molecule has 3 rings (SSSR count). The van der Waals surface area contributed by atoms with Crippen LogP contribution < -0.4 is 5.32 Å². The molecule has 0 radical (unpaired) electrons. The highest BCUT2D eigenvalue weighted by Crippen LogP contribution is 2.28. The number of benzene rings is 1. The van der Waals surface area contributed by atoms with Crippen LogP contribution in [0.15, 0.2) is 35.4 Å². The molecule has 0 saturated carbocycles. The molecule has 1 aliphatic heterocycles. The SMILES string of the molecule is CCOC(=O)c1cc(S(=O)(=O)N2CCC[C@H]2C(=O)Nc2cc(F)ccc2F)cn1C. The number of nitrogens with one attached hydrogen (secondary N) is 1. The summed E-state index contributed by atoms with van der Waals surface area (Å²) in [5.74, 6) is -3.00. The maximum Gasteiger partial charge on any atom is 0.354 e. The zero-order chi connectivity index (χ0) is 22.1. The molecule has 0 spiro atoms. The number of anilines is 1. The fourth-order valence-electron chi connectivity index (χ4n) is 3.32. The van der Waals surface area contributed by atoms with E-state index in [2.05, 4.69) is 5.32 Å². The number of halogens is 2. The zero-order valence-electron chi connectivity index (χ0n) is 16.4. The number of ether oxygens (including phenoxy) is 1. The minimum absolute atomic E-state index is 0.0532. The van der Waals surface area contributed by atoms with Crippen molar-refractivity contribution in [2.45, 2.75) is 30.7 Å². The summed E-state index contributed by atoms with van der Waals surface area (Å²) >= 11 is 0. The van der Waals surface area contributed by atoms with Gasteiger partial charge in [0.25, 0.3) is 0 Å². The molecule has 11 heteroatoms. The first-order valence-electron chi connectivity index (χ1n) is 9.26. The summed E-state index contributed by atoms with van der Waals surface area (Å²) in [5, 5.41) is 2.26. The Balaban J connectivity index is 1.85. The van der Waals surface area contributed by atoms with Crippen LogP contribution in [0.1, 0.15) is 30.3 Å². The van der Waals surface area contributed by atoms with Crippen molar-refractivity contribution in [1.82, 2.24) is 8.87 Å². The van der Waals surface area contributed by atoms with Gasteiger partial charge in [-0.05, 0) is 38.0 Å². The number of aryl methyl sites for hydroxylation is 1. The highest BCUT2D eigenvalue weighted by atomic mass is 32.2. The van der Waals surface area contributed by atoms with Crippen LogP contribution >= 0.6 is 0 Å². The molecule has 0 aliphatic carbocycles. The maximum absolute atomic E-state index is 13.8. The summed E-state index contributed by atoms with van der Waals surface area (Å²) in [5.41, 5.74) is -0.314. The first-order chi connectivity index (χ1) is 14.1. The number of hydrogen-bond acceptors (Lipinski definition) is 5. The van der Waals surface area contributed by atoms with Gasteiger partial charge in [0.15, 0.2) is 0 Å². The van der Waals surface area contributed by atoms with E-state index in [1.165, 1.54) is 23.9 Å². The molecule has 1 aromatic carbocycles. The van der Waals surface area contributed by atoms with Crippen molar-refractivity contribution in [1.29, 1.82) is 0 Å². The van der Waals surface area contributed by atoms with Crippen LogP contribution in [0.3, 0.4) is 0 Å². The monoisotopic (exact) mass is 441 g/mol. The smallest absolute Gasteiger partial charge is 0.354 e. The lowest BCUT2D eigenvalue weighted by Crippen LogP contribution is -2.43. The van der Waals surface area contributed by atoms with Gasteiger partial charge in [0.2, 0.25) is 15.9 Å². The van der Waals surface area contributed by atoms with E-state index in [0.29, 0.717) is 6.42 Å². The van der Waals surface area contributed by atoms with E-state index in [1.54, 1.807) is 6.92 Å². The molecular weight excluding hydrogens is 420 g/mol. The lowest BCUT2D eigenvalue weighted by atomic mass is 10.2. The third-order valence-electron chi connectivity index (χ3n) is 4.76. The van der Waals surface area contributed by atoms with E-state index in [-0.39, 0.29) is 35.8 Å². The van der Waals surface area contributed by atoms with Crippen LogP contribution in [0.5, 0.6) is 0 Å². The van der Waals surface area contributed by atoms with Crippen LogP contribution in [0, 0.1) is 11.6 Å². The number of carbonyl (C=O) groups is 2. The fraction of sp³-hybridized carbons (Fsp3) is 0.368. The molecule has 1 fully saturated rings. The van der Waals surface area contributed by atoms with Crippen LogP contribution in [-0.4, -0.2) is 48.4 Å². The fourth-order valence-corrected chi connectivity index (χ4v) is 5.05. The summed E-state index contributed by atoms with van der Waals surface area (Å²) in [4.78, 5) is 24.5. The predicted molar refractivity (Wildman–Crippen MR) is 103 cm³/mol. The second-order valence-corrected chi connectivity index (χ2v) is 8.67. The molecule has 0 bridgehead atoms. The summed E-state index contributed by atoms with van der Waals surface area (Å²) in [6.07, 6.45) is 1.90. The lowest BCUT2D eigenvalue weighted by molar-refractivity contribution is -0.119. The van der Waals surface area contributed by atoms with Crippen molar-refractivity contribution in [3.63, 3.8) is 0 Å². The third-order valence-corrected chi connectivity index (χ3v) is 6.64. The maximum atomic E-state index is 13.8. The Morgan fingerprint density at radius 1 is 1.27 bits per heavy atom. The molecular formula is C19H21F2N3O5S. The minimum Gasteiger partial charge on any atom is -0.461 e. The predicted octanol–water partition coefficient (Wildman–Crippen LogP) is 2.27. The number of nitrogens with zero attached hydrogens (tertiary/aromatic N) is 2. The Bertz CT molecular complexity index is 1080. The molecule has 8 nitrogen and oxygen atoms in total. The standard InChI is InChI=1S/C19H21F2N3O5S/c1-3-29-19(26)17-10-13(11-23(17)2)30(27,28)24-8-4-5-16(24)18(25)22-15-9-12(20)6-7-14(15)21/h6-7,9-11,16H,3-5,8H2,1-2H3,(H,22,25)/t16-/m0/s1. The molecule has 1 atom stereocenters. The summed E-state index contributed by atoms with van der Waals surface area (Å²) in [6.45, 7) is 1.85. The van der Waals surface area contributed by atoms with Crippen molar-refractivity contribution < 1.29 is 31.5 Å². The van der Waals surface area contributed by atoms with Gasteiger partial charge in [-0.1, -0.05) is 0 Å². The van der Waals surface area contributed by atoms with E-state index in [4.69, 9.17) is 4.74 Å². The summed E-state index contributed by atoms with van der Waals surface area (Å²) < 4.78 is 60.7. The molecule has 2 aromatic rings. The van der Waals surface area contributed by atoms with E-state index in [0.717, 1.165) is 22.5 Å². The van der Waals surface area contributed by atoms with Gasteiger partial charge in [-0.25, -0.2) is 22.0 Å². The highest BCUT2D eigenvalue weighted by molar-refractivity contribution is 7.89. The molecule has 162 valence electrons. The Hall–Kier alpha value is -2.79. The van der Waals surface area contributed by atoms with Crippen molar-refractivity contribution in [2.24, 2.45) is 7.05 Å². The van der Waals surface area contributed by atoms with E-state index >= 15 is 0 Å². The Labute approximate surface area is 172 Å². The number of hydrogen-bond donors (Lipinski definition) is 1. The molecule has 0 unspecified atom stereocenters. The van der Waals surface area contributed by atoms with Gasteiger partial charge in [0.05, 0.1) is 12.3 Å². The van der Waals surface area contributed by atoms with E-state index in [1.807, 2.05) is 0 Å². The number of esters is 1. The third kappa shape index (κ3) is 4.21. The topological polar surface area (TPSA) is 97.7 Å². The highest BCUT2D eigenvalue weighted by Gasteiger charge is 2.40. The van der Waals surface area contributed by atoms with Crippen LogP contribution in [0.2, 0.25) is 0 Å². The number of sulfonamides is 1. The largest absolute Gasteiger partial charge is 0.461 e. The summed E-state index contributed by atoms with van der Waals surface area (Å²) in [7, 11) is -2.61. The first-order valence-corrected chi connectivity index (χ1v) is 10.7. The first kappa shape index (κ1) is 21.9. The molecule has 1 aliphatic rings. The number of aromatic nitrogens is 1. The number of carbonyl (C=O) groups excluding carboxylic acids is 2. The zero-order valence-corrected chi connectivity index (χ0v) is 17.2. The number of amides is 1. The van der Waals surface area contributed by atoms with E-state index < -0.39 is 39.6 Å². The van der Waals surface area contributed by atoms with Gasteiger partial charge < -0.3 is 14.6 Å². The van der Waals surface area contributed by atoms with Crippen LogP contribution in [0.4, 0.5) is 14.5 Å². The van der Waals surface area contributed by atoms with Gasteiger partial charge in [0.1, 0.15) is 28.3 Å². The Morgan fingerprint density at radius 3 is 2.70 bits per heavy atom. The average molecular weight is 441 g/mol. The molecule has 1 saturated heterocycles. The minimum atomic E-state index is -4.12. The van der Waals surface area contributed by atoms with Crippen molar-refractivity contribution >= 4 is 27.6 Å². The molecule has 30 heavy (non-hydrogen) atoms. The van der Waals surface area contributed by atoms with Gasteiger partial charge in [-0.3, -0.25) is 4.79 Å². The summed E-state index contributed by atoms with van der Waals surface area (Å²) in [6, 6.07) is 2.70. The van der Waals surface area contributed by atoms with Gasteiger partial charge in [-0.15, -0.1) is 0 Å². The van der Waals surface area contributed by atoms with E-state index in [9.17, 15) is 26.8 Å². The van der Waals surface area contributed by atoms with Crippen molar-refractivity contribution in [3.05, 3.63) is 47.8 Å². The van der Waals surface area contributed by atoms with Crippen LogP contribution in [-0.2, 0) is 26.6 Å². The van der Waals surface area contributed by atoms with Crippen LogP contribution in [0.25, 0.3) is 0 Å². The average Bonchev–Trinajstić information content (AvgIpc) is 3.32. The second-order valence-electron chi connectivity index (χ2n) is 6.78. The lowest BCUT2D eigenvalue weighted by Gasteiger charge is -2.23. The molecule has 1 aromatic heterocycles. The Kier molecular flexibility index (Phi) is 6.22. The van der Waals surface area contributed by atoms with Gasteiger partial charge >= 0.3 is 5.97 Å². The second kappa shape index (κ2) is 8.52. The molecule has 2 heterocycles. The van der Waals surface area contributed by atoms with Gasteiger partial charge in [-0.2, -0.15) is 4.31 Å². The van der Waals surface area contributed by atoms with Crippen molar-refractivity contribution in [2.75, 3.05) is 18.5 Å². The molecule has 1 amide bonds. The number of rotatable bonds is 6. The quantitative estimate of drug-likeness (QED) is 0.694. The Morgan fingerprint density at radius 2 is 2.00 bits per heavy atom. The molecule has 1 N–H and O–H groups in total. The van der Waals surface area contributed by atoms with Crippen molar-refractivity contribution in [3.8, 4) is 0 Å². The van der Waals surface area contributed by atoms with Gasteiger partial charge in [0, 0.05) is 25.9 Å².